The number of nitrogens with two attached hydrogens (primary N) is 2. The molecule has 1 unspecified atom stereocenters. The summed E-state index contributed by atoms with van der Waals surface area (Å²) in [5.74, 6) is 9.44. The smallest absolute Gasteiger partial charge is 0.266 e. The molecule has 0 aliphatic heterocycles. The van der Waals surface area contributed by atoms with E-state index in [4.69, 9.17) is 11.7 Å². The van der Waals surface area contributed by atoms with Crippen molar-refractivity contribution in [3.05, 3.63) is 41.5 Å². The Kier molecular flexibility index (Phi) is 7.98. The van der Waals surface area contributed by atoms with Gasteiger partial charge in [0, 0.05) is 11.7 Å². The Bertz CT molecular complexity index is 778. The van der Waals surface area contributed by atoms with Gasteiger partial charge in [0.2, 0.25) is 0 Å². The number of nitrogen functional groups attached to an aromatic ring is 2. The van der Waals surface area contributed by atoms with Gasteiger partial charge in [-0.05, 0) is 42.3 Å². The Labute approximate surface area is 153 Å². The summed E-state index contributed by atoms with van der Waals surface area (Å²) in [6.07, 6.45) is 3.34. The first-order valence-corrected chi connectivity index (χ1v) is 8.37. The van der Waals surface area contributed by atoms with Crippen molar-refractivity contribution in [3.63, 3.8) is 0 Å². The molecule has 0 saturated carbocycles. The lowest BCUT2D eigenvalue weighted by molar-refractivity contribution is 0.0921. The van der Waals surface area contributed by atoms with Gasteiger partial charge in [-0.3, -0.25) is 20.4 Å². The Morgan fingerprint density at radius 2 is 1.73 bits per heavy atom. The minimum atomic E-state index is -0.546. The number of anilines is 1. The molecule has 8 heteroatoms. The predicted molar refractivity (Wildman–Crippen MR) is 105 cm³/mol. The molecule has 0 aliphatic carbocycles. The Morgan fingerprint density at radius 1 is 1.08 bits per heavy atom. The number of hydrazine groups is 2. The predicted octanol–water partition coefficient (Wildman–Crippen LogP) is 2.20. The van der Waals surface area contributed by atoms with E-state index >= 15 is 0 Å². The molecule has 26 heavy (non-hydrogen) atoms. The summed E-state index contributed by atoms with van der Waals surface area (Å²) < 4.78 is 0. The first-order chi connectivity index (χ1) is 12.0. The molecule has 1 atom stereocenters. The third kappa shape index (κ3) is 4.69. The minimum absolute atomic E-state index is 0. The molecule has 8 nitrogen and oxygen atoms in total. The van der Waals surface area contributed by atoms with Crippen LogP contribution in [0, 0.1) is 0 Å². The minimum Gasteiger partial charge on any atom is -0.383 e. The molecule has 10 N–H and O–H groups in total. The molecule has 2 rings (SSSR count). The summed E-state index contributed by atoms with van der Waals surface area (Å²) in [7, 11) is 0. The van der Waals surface area contributed by atoms with E-state index in [0.29, 0.717) is 11.4 Å². The maximum Gasteiger partial charge on any atom is 0.266 e. The monoisotopic (exact) mass is 360 g/mol. The van der Waals surface area contributed by atoms with E-state index in [1.54, 1.807) is 12.1 Å². The van der Waals surface area contributed by atoms with E-state index in [1.165, 1.54) is 0 Å². The quantitative estimate of drug-likeness (QED) is 0.252. The molecule has 0 fully saturated rings. The first-order valence-electron chi connectivity index (χ1n) is 8.37. The highest BCUT2D eigenvalue weighted by molar-refractivity contribution is 6.15. The fourth-order valence-electron chi connectivity index (χ4n) is 2.86. The van der Waals surface area contributed by atoms with Gasteiger partial charge in [-0.25, -0.2) is 11.7 Å². The van der Waals surface area contributed by atoms with Gasteiger partial charge in [0.15, 0.2) is 0 Å². The summed E-state index contributed by atoms with van der Waals surface area (Å²) in [6, 6.07) is 9.36. The number of carbonyl (C=O) groups excluding carboxylic acids is 2. The van der Waals surface area contributed by atoms with Crippen LogP contribution in [0.2, 0.25) is 0 Å². The molecule has 0 heterocycles. The number of unbranched alkanes of at least 4 members (excludes halogenated alkanes) is 1. The van der Waals surface area contributed by atoms with Crippen molar-refractivity contribution in [2.24, 2.45) is 11.7 Å². The molecule has 0 aliphatic rings. The largest absolute Gasteiger partial charge is 0.383 e. The number of hydrogen-bond donors (Lipinski definition) is 6. The lowest BCUT2D eigenvalue weighted by Gasteiger charge is -2.17. The topological polar surface area (TPSA) is 157 Å². The van der Waals surface area contributed by atoms with E-state index in [-0.39, 0.29) is 17.3 Å². The molecule has 2 amide bonds. The lowest BCUT2D eigenvalue weighted by Crippen LogP contribution is -2.35. The highest BCUT2D eigenvalue weighted by Gasteiger charge is 2.19. The number of hydrogen-bond acceptors (Lipinski definition) is 6. The number of rotatable bonds is 7. The van der Waals surface area contributed by atoms with Crippen molar-refractivity contribution < 1.29 is 9.59 Å². The highest BCUT2D eigenvalue weighted by Crippen LogP contribution is 2.26. The maximum absolute atomic E-state index is 12.3. The molecule has 142 valence electrons. The molecule has 2 aromatic carbocycles. The number of nitrogens with one attached hydrogen (secondary N) is 3. The van der Waals surface area contributed by atoms with Crippen LogP contribution in [-0.4, -0.2) is 17.9 Å². The van der Waals surface area contributed by atoms with Crippen LogP contribution in [-0.2, 0) is 0 Å². The molecular formula is C18H28N6O2. The van der Waals surface area contributed by atoms with Gasteiger partial charge < -0.3 is 11.5 Å². The standard InChI is InChI=1S/C18H25N5O2.H3N/c1-3-4-5-11(2)21-13-8-6-12-7-9-14(17(24)22-19)16(15(12)10-13)18(25)23-20;/h6-11,21H,3-5,19-20H2,1-2H3,(H,22,24)(H,23,25);1H3. The number of benzene rings is 2. The molecular weight excluding hydrogens is 332 g/mol. The van der Waals surface area contributed by atoms with Gasteiger partial charge in [-0.2, -0.15) is 0 Å². The van der Waals surface area contributed by atoms with Crippen molar-refractivity contribution in [3.8, 4) is 0 Å². The summed E-state index contributed by atoms with van der Waals surface area (Å²) in [4.78, 5) is 24.3. The highest BCUT2D eigenvalue weighted by atomic mass is 16.2. The van der Waals surface area contributed by atoms with E-state index < -0.39 is 11.8 Å². The zero-order chi connectivity index (χ0) is 18.4. The van der Waals surface area contributed by atoms with Crippen LogP contribution in [0.3, 0.4) is 0 Å². The fraction of sp³-hybridized carbons (Fsp3) is 0.333. The van der Waals surface area contributed by atoms with E-state index in [0.717, 1.165) is 30.3 Å². The van der Waals surface area contributed by atoms with Gasteiger partial charge in [0.1, 0.15) is 0 Å². The molecule has 0 saturated heterocycles. The van der Waals surface area contributed by atoms with Gasteiger partial charge >= 0.3 is 0 Å². The zero-order valence-corrected chi connectivity index (χ0v) is 15.3. The van der Waals surface area contributed by atoms with Crippen LogP contribution in [0.1, 0.15) is 53.8 Å². The Balaban J connectivity index is 0.00000338. The van der Waals surface area contributed by atoms with Crippen LogP contribution in [0.15, 0.2) is 30.3 Å². The average molecular weight is 360 g/mol. The summed E-state index contributed by atoms with van der Waals surface area (Å²) in [5.41, 5.74) is 5.42. The van der Waals surface area contributed by atoms with E-state index in [1.807, 2.05) is 18.2 Å². The first kappa shape index (κ1) is 21.4. The third-order valence-corrected chi connectivity index (χ3v) is 4.16. The molecule has 0 bridgehead atoms. The average Bonchev–Trinajstić information content (AvgIpc) is 2.63. The second-order valence-corrected chi connectivity index (χ2v) is 6.06. The van der Waals surface area contributed by atoms with Crippen LogP contribution in [0.25, 0.3) is 10.8 Å². The van der Waals surface area contributed by atoms with E-state index in [2.05, 4.69) is 30.0 Å². The molecule has 2 aromatic rings. The van der Waals surface area contributed by atoms with Crippen molar-refractivity contribution in [1.82, 2.24) is 17.0 Å². The summed E-state index contributed by atoms with van der Waals surface area (Å²) >= 11 is 0. The number of amides is 2. The fourth-order valence-corrected chi connectivity index (χ4v) is 2.86. The van der Waals surface area contributed by atoms with Gasteiger partial charge in [-0.1, -0.05) is 31.9 Å². The zero-order valence-electron chi connectivity index (χ0n) is 15.3. The van der Waals surface area contributed by atoms with Crippen molar-refractivity contribution >= 4 is 28.3 Å². The summed E-state index contributed by atoms with van der Waals surface area (Å²) in [6.45, 7) is 4.27. The van der Waals surface area contributed by atoms with Crippen LogP contribution in [0.5, 0.6) is 0 Å². The van der Waals surface area contributed by atoms with Crippen molar-refractivity contribution in [1.29, 1.82) is 0 Å². The van der Waals surface area contributed by atoms with Crippen molar-refractivity contribution in [2.45, 2.75) is 39.2 Å². The second kappa shape index (κ2) is 9.71. The van der Waals surface area contributed by atoms with Crippen molar-refractivity contribution in [2.75, 3.05) is 5.32 Å². The second-order valence-electron chi connectivity index (χ2n) is 6.06. The number of fused-ring (bicyclic) bond motifs is 1. The summed E-state index contributed by atoms with van der Waals surface area (Å²) in [5, 5.41) is 4.90. The lowest BCUT2D eigenvalue weighted by atomic mass is 9.97. The molecule has 0 spiro atoms. The van der Waals surface area contributed by atoms with Gasteiger partial charge in [0.05, 0.1) is 11.1 Å². The van der Waals surface area contributed by atoms with Gasteiger partial charge in [0.25, 0.3) is 11.8 Å². The SMILES string of the molecule is CCCCC(C)Nc1ccc2ccc(C(=O)NN)c(C(=O)NN)c2c1.N. The maximum atomic E-state index is 12.3. The normalized spacial score (nSPS) is 11.4. The van der Waals surface area contributed by atoms with Crippen LogP contribution in [0.4, 0.5) is 5.69 Å². The van der Waals surface area contributed by atoms with E-state index in [9.17, 15) is 9.59 Å². The third-order valence-electron chi connectivity index (χ3n) is 4.16. The Morgan fingerprint density at radius 3 is 2.35 bits per heavy atom. The van der Waals surface area contributed by atoms with Gasteiger partial charge in [-0.15, -0.1) is 0 Å². The number of carbonyl (C=O) groups is 2. The van der Waals surface area contributed by atoms with Crippen LogP contribution >= 0.6 is 0 Å². The Hall–Kier alpha value is -2.68. The van der Waals surface area contributed by atoms with Crippen LogP contribution < -0.4 is 34.0 Å². The molecule has 0 radical (unpaired) electrons. The molecule has 0 aromatic heterocycles.